The first-order chi connectivity index (χ1) is 35.8. The fraction of sp³-hybridized carbons (Fsp3) is 0.167. The van der Waals surface area contributed by atoms with Crippen LogP contribution in [0, 0.1) is 11.8 Å². The van der Waals surface area contributed by atoms with Gasteiger partial charge in [0.2, 0.25) is 0 Å². The normalized spacial score (nSPS) is 13.9. The van der Waals surface area contributed by atoms with Gasteiger partial charge in [0.05, 0.1) is 11.1 Å². The van der Waals surface area contributed by atoms with Crippen LogP contribution in [0.1, 0.15) is 86.8 Å². The minimum Gasteiger partial charge on any atom is -0.310 e. The van der Waals surface area contributed by atoms with E-state index in [-0.39, 0.29) is 5.41 Å². The number of anilines is 3. The van der Waals surface area contributed by atoms with E-state index in [4.69, 9.17) is 0 Å². The van der Waals surface area contributed by atoms with Gasteiger partial charge in [-0.2, -0.15) is 0 Å². The van der Waals surface area contributed by atoms with Gasteiger partial charge in [-0.1, -0.05) is 210 Å². The molecule has 0 aliphatic heterocycles. The van der Waals surface area contributed by atoms with Crippen molar-refractivity contribution in [3.05, 3.63) is 270 Å². The Hall–Kier alpha value is -8.00. The molecule has 0 heterocycles. The minimum absolute atomic E-state index is 0.134. The lowest BCUT2D eigenvalue weighted by atomic mass is 9.67. The van der Waals surface area contributed by atoms with Crippen molar-refractivity contribution < 1.29 is 0 Å². The van der Waals surface area contributed by atoms with Crippen LogP contribution in [-0.2, 0) is 10.8 Å². The van der Waals surface area contributed by atoms with Crippen molar-refractivity contribution in [3.8, 4) is 33.4 Å². The van der Waals surface area contributed by atoms with E-state index in [0.29, 0.717) is 11.8 Å². The van der Waals surface area contributed by atoms with Gasteiger partial charge in [0.15, 0.2) is 0 Å². The van der Waals surface area contributed by atoms with Crippen LogP contribution in [-0.4, -0.2) is 0 Å². The van der Waals surface area contributed by atoms with Crippen LogP contribution in [0.3, 0.4) is 0 Å². The second-order valence-corrected chi connectivity index (χ2v) is 21.8. The van der Waals surface area contributed by atoms with Crippen LogP contribution < -0.4 is 4.90 Å². The molecule has 0 saturated heterocycles. The first-order valence-electron chi connectivity index (χ1n) is 26.7. The van der Waals surface area contributed by atoms with Gasteiger partial charge in [0.25, 0.3) is 0 Å². The summed E-state index contributed by atoms with van der Waals surface area (Å²) < 4.78 is 0. The predicted octanol–water partition coefficient (Wildman–Crippen LogP) is 19.8. The van der Waals surface area contributed by atoms with E-state index in [2.05, 4.69) is 269 Å². The lowest BCUT2D eigenvalue weighted by Gasteiger charge is -2.36. The Morgan fingerprint density at radius 2 is 0.781 bits per heavy atom. The van der Waals surface area contributed by atoms with Crippen molar-refractivity contribution in [2.24, 2.45) is 11.8 Å². The largest absolute Gasteiger partial charge is 0.310 e. The standard InChI is InChI=1S/C72H61N/c1-48(2)38-40-71(41-39-49(3)4)67-45-56-25-13-12-24-55(56)44-65(67)64-37-35-59(46-68(64)71)73(70-29-17-15-26-61(70)52-20-6-5-7-21-52)60-34-36-63-62-27-14-16-28-66(62)72(69(63)47-60,57-32-30-50-18-8-10-22-53(50)42-57)58-33-31-51-19-9-11-23-54(51)43-58/h5-37,42-49H,38-41H2,1-4H3. The van der Waals surface area contributed by atoms with Crippen molar-refractivity contribution in [1.29, 1.82) is 0 Å². The molecule has 0 radical (unpaired) electrons. The maximum absolute atomic E-state index is 2.62. The smallest absolute Gasteiger partial charge is 0.0714 e. The molecular formula is C72H61N. The van der Waals surface area contributed by atoms with E-state index < -0.39 is 5.41 Å². The first-order valence-corrected chi connectivity index (χ1v) is 26.7. The Labute approximate surface area is 431 Å². The molecule has 0 amide bonds. The predicted molar refractivity (Wildman–Crippen MR) is 311 cm³/mol. The molecule has 2 aliphatic carbocycles. The van der Waals surface area contributed by atoms with Crippen molar-refractivity contribution in [2.75, 3.05) is 4.90 Å². The van der Waals surface area contributed by atoms with E-state index in [9.17, 15) is 0 Å². The third kappa shape index (κ3) is 7.35. The number of nitrogens with zero attached hydrogens (tertiary/aromatic N) is 1. The van der Waals surface area contributed by atoms with Crippen LogP contribution in [0.25, 0.3) is 65.7 Å². The molecule has 0 saturated carbocycles. The van der Waals surface area contributed by atoms with E-state index in [0.717, 1.165) is 37.1 Å². The zero-order valence-corrected chi connectivity index (χ0v) is 42.4. The molecule has 0 N–H and O–H groups in total. The molecule has 0 atom stereocenters. The monoisotopic (exact) mass is 939 g/mol. The van der Waals surface area contributed by atoms with Gasteiger partial charge in [0, 0.05) is 22.4 Å². The van der Waals surface area contributed by atoms with Gasteiger partial charge in [0.1, 0.15) is 0 Å². The average molecular weight is 940 g/mol. The summed E-state index contributed by atoms with van der Waals surface area (Å²) in [5.41, 5.74) is 18.5. The molecule has 13 rings (SSSR count). The second-order valence-electron chi connectivity index (χ2n) is 21.8. The molecule has 0 unspecified atom stereocenters. The number of para-hydroxylation sites is 1. The summed E-state index contributed by atoms with van der Waals surface area (Å²) in [7, 11) is 0. The summed E-state index contributed by atoms with van der Waals surface area (Å²) in [6, 6.07) is 90.1. The maximum Gasteiger partial charge on any atom is 0.0714 e. The Kier molecular flexibility index (Phi) is 11.0. The van der Waals surface area contributed by atoms with Crippen LogP contribution in [0.2, 0.25) is 0 Å². The Bertz CT molecular complexity index is 3800. The average Bonchev–Trinajstić information content (AvgIpc) is 3.87. The number of hydrogen-bond donors (Lipinski definition) is 0. The van der Waals surface area contributed by atoms with Gasteiger partial charge in [-0.05, 0) is 186 Å². The summed E-state index contributed by atoms with van der Waals surface area (Å²) in [5.74, 6) is 1.17. The van der Waals surface area contributed by atoms with Crippen molar-refractivity contribution in [3.63, 3.8) is 0 Å². The van der Waals surface area contributed by atoms with Crippen molar-refractivity contribution in [2.45, 2.75) is 64.2 Å². The van der Waals surface area contributed by atoms with Crippen LogP contribution in [0.15, 0.2) is 237 Å². The topological polar surface area (TPSA) is 3.24 Å². The quantitative estimate of drug-likeness (QED) is 0.118. The van der Waals surface area contributed by atoms with E-state index in [1.807, 2.05) is 0 Å². The second kappa shape index (κ2) is 17.9. The van der Waals surface area contributed by atoms with Gasteiger partial charge in [-0.25, -0.2) is 0 Å². The van der Waals surface area contributed by atoms with Crippen molar-refractivity contribution in [1.82, 2.24) is 0 Å². The summed E-state index contributed by atoms with van der Waals surface area (Å²) in [6.45, 7) is 9.59. The Morgan fingerprint density at radius 1 is 0.329 bits per heavy atom. The van der Waals surface area contributed by atoms with E-state index in [1.165, 1.54) is 105 Å². The maximum atomic E-state index is 2.62. The lowest BCUT2D eigenvalue weighted by Crippen LogP contribution is -2.29. The zero-order chi connectivity index (χ0) is 49.3. The number of fused-ring (bicyclic) bond motifs is 9. The first kappa shape index (κ1) is 44.9. The van der Waals surface area contributed by atoms with Gasteiger partial charge >= 0.3 is 0 Å². The molecule has 1 nitrogen and oxygen atoms in total. The number of hydrogen-bond acceptors (Lipinski definition) is 1. The minimum atomic E-state index is -0.620. The molecular weight excluding hydrogens is 879 g/mol. The Morgan fingerprint density at radius 3 is 1.38 bits per heavy atom. The molecule has 73 heavy (non-hydrogen) atoms. The van der Waals surface area contributed by atoms with Gasteiger partial charge in [-0.3, -0.25) is 0 Å². The molecule has 2 aliphatic rings. The molecule has 0 spiro atoms. The molecule has 0 fully saturated rings. The number of rotatable bonds is 12. The summed E-state index contributed by atoms with van der Waals surface area (Å²) >= 11 is 0. The third-order valence-electron chi connectivity index (χ3n) is 16.6. The zero-order valence-electron chi connectivity index (χ0n) is 42.4. The highest BCUT2D eigenvalue weighted by Gasteiger charge is 2.47. The lowest BCUT2D eigenvalue weighted by molar-refractivity contribution is 0.364. The summed E-state index contributed by atoms with van der Waals surface area (Å²) in [4.78, 5) is 2.59. The van der Waals surface area contributed by atoms with Gasteiger partial charge in [-0.15, -0.1) is 0 Å². The molecule has 0 bridgehead atoms. The van der Waals surface area contributed by atoms with Gasteiger partial charge < -0.3 is 4.90 Å². The fourth-order valence-corrected chi connectivity index (χ4v) is 13.0. The Balaban J connectivity index is 1.10. The molecule has 0 aromatic heterocycles. The van der Waals surface area contributed by atoms with Crippen LogP contribution in [0.5, 0.6) is 0 Å². The molecule has 1 heteroatoms. The summed E-state index contributed by atoms with van der Waals surface area (Å²) in [5, 5.41) is 7.60. The highest BCUT2D eigenvalue weighted by atomic mass is 15.1. The molecule has 11 aromatic carbocycles. The van der Waals surface area contributed by atoms with Crippen molar-refractivity contribution >= 4 is 49.4 Å². The van der Waals surface area contributed by atoms with Crippen LogP contribution in [0.4, 0.5) is 17.1 Å². The molecule has 354 valence electrons. The molecule has 11 aromatic rings. The SMILES string of the molecule is CC(C)CCC1(CCC(C)C)c2cc(N(c3ccc4c(c3)C(c3ccc5ccccc5c3)(c3ccc5ccccc5c3)c3ccccc3-4)c3ccccc3-c3ccccc3)ccc2-c2cc3ccccc3cc21. The highest BCUT2D eigenvalue weighted by molar-refractivity contribution is 5.98. The fourth-order valence-electron chi connectivity index (χ4n) is 13.0. The van der Waals surface area contributed by atoms with Crippen LogP contribution >= 0.6 is 0 Å². The third-order valence-corrected chi connectivity index (χ3v) is 16.6. The number of benzene rings is 11. The van der Waals surface area contributed by atoms with E-state index in [1.54, 1.807) is 0 Å². The van der Waals surface area contributed by atoms with E-state index >= 15 is 0 Å². The highest BCUT2D eigenvalue weighted by Crippen LogP contribution is 2.60. The summed E-state index contributed by atoms with van der Waals surface area (Å²) in [6.07, 6.45) is 4.53.